The van der Waals surface area contributed by atoms with Crippen LogP contribution in [0.5, 0.6) is 5.75 Å². The van der Waals surface area contributed by atoms with Gasteiger partial charge < -0.3 is 19.4 Å². The van der Waals surface area contributed by atoms with E-state index < -0.39 is 15.9 Å². The molecule has 1 saturated heterocycles. The summed E-state index contributed by atoms with van der Waals surface area (Å²) in [5, 5.41) is 15.9. The number of piperidine rings is 1. The molecule has 1 aliphatic heterocycles. The molecule has 204 valence electrons. The number of nitrogens with zero attached hydrogens (tertiary/aromatic N) is 5. The van der Waals surface area contributed by atoms with Crippen LogP contribution in [0.4, 0.5) is 22.7 Å². The monoisotopic (exact) mass is 570 g/mol. The summed E-state index contributed by atoms with van der Waals surface area (Å²) in [7, 11) is -1.67. The quantitative estimate of drug-likeness (QED) is 0.271. The van der Waals surface area contributed by atoms with Gasteiger partial charge in [-0.1, -0.05) is 5.10 Å². The summed E-state index contributed by atoms with van der Waals surface area (Å²) >= 11 is 1.22. The highest BCUT2D eigenvalue weighted by Crippen LogP contribution is 2.28. The molecule has 4 aromatic rings. The Labute approximate surface area is 228 Å². The summed E-state index contributed by atoms with van der Waals surface area (Å²) in [5.74, 6) is 1.27. The van der Waals surface area contributed by atoms with E-state index in [2.05, 4.69) is 35.5 Å². The van der Waals surface area contributed by atoms with Crippen LogP contribution < -0.4 is 25.0 Å². The molecule has 0 atom stereocenters. The molecule has 0 spiro atoms. The first-order valence-corrected chi connectivity index (χ1v) is 14.7. The van der Waals surface area contributed by atoms with Crippen LogP contribution in [-0.4, -0.2) is 67.0 Å². The number of amides is 1. The van der Waals surface area contributed by atoms with Crippen LogP contribution in [0.15, 0.2) is 52.4 Å². The molecule has 5 rings (SSSR count). The maximum Gasteiger partial charge on any atom is 0.322 e. The molecule has 0 radical (unpaired) electrons. The first-order chi connectivity index (χ1) is 18.8. The van der Waals surface area contributed by atoms with E-state index >= 15 is 0 Å². The van der Waals surface area contributed by atoms with Gasteiger partial charge in [-0.3, -0.25) is 10.1 Å². The Morgan fingerprint density at radius 2 is 1.92 bits per heavy atom. The molecule has 1 aliphatic rings. The molecule has 0 bridgehead atoms. The number of rotatable bonds is 9. The molecule has 3 aromatic heterocycles. The van der Waals surface area contributed by atoms with Crippen LogP contribution in [0.25, 0.3) is 11.5 Å². The highest BCUT2D eigenvalue weighted by Gasteiger charge is 2.24. The van der Waals surface area contributed by atoms with Gasteiger partial charge in [0.15, 0.2) is 10.9 Å². The number of ether oxygens (including phenoxy) is 1. The van der Waals surface area contributed by atoms with E-state index in [1.165, 1.54) is 11.3 Å². The van der Waals surface area contributed by atoms with Crippen LogP contribution >= 0.6 is 11.3 Å². The predicted molar refractivity (Wildman–Crippen MR) is 147 cm³/mol. The van der Waals surface area contributed by atoms with Gasteiger partial charge in [0, 0.05) is 36.3 Å². The van der Waals surface area contributed by atoms with Crippen molar-refractivity contribution in [2.24, 2.45) is 0 Å². The maximum atomic E-state index is 13.0. The first kappa shape index (κ1) is 26.5. The third-order valence-corrected chi connectivity index (χ3v) is 7.44. The third kappa shape index (κ3) is 6.68. The van der Waals surface area contributed by atoms with Crippen LogP contribution in [0, 0.1) is 0 Å². The van der Waals surface area contributed by atoms with Crippen LogP contribution in [0.3, 0.4) is 0 Å². The zero-order chi connectivity index (χ0) is 27.4. The molecule has 13 nitrogen and oxygen atoms in total. The number of aromatic nitrogens is 4. The fraction of sp³-hybridized carbons (Fsp3) is 0.292. The van der Waals surface area contributed by atoms with Crippen molar-refractivity contribution in [1.29, 1.82) is 0 Å². The second-order valence-corrected chi connectivity index (χ2v) is 11.4. The van der Waals surface area contributed by atoms with Crippen LogP contribution in [0.2, 0.25) is 0 Å². The number of anilines is 4. The highest BCUT2D eigenvalue weighted by atomic mass is 32.2. The Morgan fingerprint density at radius 3 is 2.64 bits per heavy atom. The Kier molecular flexibility index (Phi) is 7.72. The van der Waals surface area contributed by atoms with E-state index in [1.54, 1.807) is 43.0 Å². The number of benzene rings is 1. The van der Waals surface area contributed by atoms with E-state index in [1.807, 2.05) is 17.0 Å². The topological polar surface area (TPSA) is 164 Å². The largest absolute Gasteiger partial charge is 0.497 e. The first-order valence-electron chi connectivity index (χ1n) is 12.0. The lowest BCUT2D eigenvalue weighted by molar-refractivity contribution is 0.102. The van der Waals surface area contributed by atoms with Gasteiger partial charge in [0.1, 0.15) is 11.4 Å². The van der Waals surface area contributed by atoms with Gasteiger partial charge in [-0.15, -0.1) is 16.4 Å². The van der Waals surface area contributed by atoms with Crippen molar-refractivity contribution in [2.75, 3.05) is 42.0 Å². The van der Waals surface area contributed by atoms with Gasteiger partial charge in [-0.2, -0.15) is 0 Å². The minimum absolute atomic E-state index is 0.120. The summed E-state index contributed by atoms with van der Waals surface area (Å²) in [6, 6.07) is 10.7. The maximum absolute atomic E-state index is 13.0. The Hall–Kier alpha value is -4.08. The van der Waals surface area contributed by atoms with E-state index in [-0.39, 0.29) is 17.8 Å². The summed E-state index contributed by atoms with van der Waals surface area (Å²) in [6.07, 6.45) is 4.08. The standard InChI is InChI=1S/C24H26N8O5S2/c1-36-17-7-5-15(6-8-17)22-29-30-23(37-22)28-24-27-19(14-38-24)21(33)26-18-4-3-11-25-20(18)32-12-9-16(10-13-32)31-39(2,34)35/h3-8,11,14,16,31H,9-10,12-13H2,1-2H3,(H,26,33)(H,27,28,30). The number of hydrogen-bond donors (Lipinski definition) is 3. The number of methoxy groups -OCH3 is 1. The van der Waals surface area contributed by atoms with Gasteiger partial charge >= 0.3 is 6.01 Å². The molecule has 1 fully saturated rings. The number of hydrogen-bond acceptors (Lipinski definition) is 12. The minimum Gasteiger partial charge on any atom is -0.497 e. The number of sulfonamides is 1. The molecule has 0 unspecified atom stereocenters. The van der Waals surface area contributed by atoms with Crippen molar-refractivity contribution >= 4 is 49.9 Å². The summed E-state index contributed by atoms with van der Waals surface area (Å²) in [5.41, 5.74) is 1.49. The number of carbonyl (C=O) groups excluding carboxylic acids is 1. The molecule has 0 aliphatic carbocycles. The zero-order valence-corrected chi connectivity index (χ0v) is 22.8. The minimum atomic E-state index is -3.26. The molecule has 3 N–H and O–H groups in total. The Balaban J connectivity index is 1.21. The number of carbonyl (C=O) groups is 1. The highest BCUT2D eigenvalue weighted by molar-refractivity contribution is 7.88. The van der Waals surface area contributed by atoms with Crippen LogP contribution in [-0.2, 0) is 10.0 Å². The smallest absolute Gasteiger partial charge is 0.322 e. The molecule has 15 heteroatoms. The van der Waals surface area contributed by atoms with Crippen molar-refractivity contribution in [3.63, 3.8) is 0 Å². The second kappa shape index (κ2) is 11.3. The van der Waals surface area contributed by atoms with Gasteiger partial charge in [0.25, 0.3) is 5.91 Å². The normalized spacial score (nSPS) is 14.3. The van der Waals surface area contributed by atoms with Crippen molar-refractivity contribution in [1.82, 2.24) is 24.9 Å². The number of nitrogens with one attached hydrogen (secondary N) is 3. The second-order valence-electron chi connectivity index (χ2n) is 8.78. The lowest BCUT2D eigenvalue weighted by Crippen LogP contribution is -2.44. The average Bonchev–Trinajstić information content (AvgIpc) is 3.59. The number of pyridine rings is 1. The van der Waals surface area contributed by atoms with E-state index in [0.29, 0.717) is 48.5 Å². The number of thiazole rings is 1. The van der Waals surface area contributed by atoms with Gasteiger partial charge in [-0.25, -0.2) is 23.1 Å². The molecule has 1 amide bonds. The summed E-state index contributed by atoms with van der Waals surface area (Å²) in [6.45, 7) is 1.20. The van der Waals surface area contributed by atoms with E-state index in [0.717, 1.165) is 17.6 Å². The molecule has 0 saturated carbocycles. The molecule has 39 heavy (non-hydrogen) atoms. The van der Waals surface area contributed by atoms with E-state index in [4.69, 9.17) is 9.15 Å². The molecule has 1 aromatic carbocycles. The van der Waals surface area contributed by atoms with Gasteiger partial charge in [-0.05, 0) is 49.2 Å². The Morgan fingerprint density at radius 1 is 1.15 bits per heavy atom. The molecular formula is C24H26N8O5S2. The summed E-state index contributed by atoms with van der Waals surface area (Å²) < 4.78 is 36.6. The average molecular weight is 571 g/mol. The lowest BCUT2D eigenvalue weighted by Gasteiger charge is -2.33. The predicted octanol–water partition coefficient (Wildman–Crippen LogP) is 3.11. The van der Waals surface area contributed by atoms with E-state index in [9.17, 15) is 13.2 Å². The van der Waals surface area contributed by atoms with Gasteiger partial charge in [0.2, 0.25) is 15.9 Å². The SMILES string of the molecule is COc1ccc(-c2nnc(Nc3nc(C(=O)Nc4cccnc4N4CCC(NS(C)(=O)=O)CC4)cs3)o2)cc1. The fourth-order valence-electron chi connectivity index (χ4n) is 4.10. The molecular weight excluding hydrogens is 544 g/mol. The Bertz CT molecular complexity index is 1550. The molecule has 4 heterocycles. The van der Waals surface area contributed by atoms with Crippen LogP contribution in [0.1, 0.15) is 23.3 Å². The van der Waals surface area contributed by atoms with Crippen molar-refractivity contribution in [3.8, 4) is 17.2 Å². The van der Waals surface area contributed by atoms with Crippen molar-refractivity contribution in [3.05, 3.63) is 53.7 Å². The fourth-order valence-corrected chi connectivity index (χ4v) is 5.62. The van der Waals surface area contributed by atoms with Crippen molar-refractivity contribution in [2.45, 2.75) is 18.9 Å². The van der Waals surface area contributed by atoms with Gasteiger partial charge in [0.05, 0.1) is 19.1 Å². The summed E-state index contributed by atoms with van der Waals surface area (Å²) in [4.78, 5) is 23.8. The lowest BCUT2D eigenvalue weighted by atomic mass is 10.1. The third-order valence-electron chi connectivity index (χ3n) is 5.92. The van der Waals surface area contributed by atoms with Crippen molar-refractivity contribution < 1.29 is 22.4 Å². The zero-order valence-electron chi connectivity index (χ0n) is 21.1.